The van der Waals surface area contributed by atoms with Crippen LogP contribution in [0.25, 0.3) is 0 Å². The monoisotopic (exact) mass is 309 g/mol. The van der Waals surface area contributed by atoms with E-state index < -0.39 is 0 Å². The number of thioether (sulfide) groups is 1. The molecule has 0 spiro atoms. The van der Waals surface area contributed by atoms with E-state index in [0.29, 0.717) is 22.4 Å². The Balaban J connectivity index is 2.02. The van der Waals surface area contributed by atoms with Crippen molar-refractivity contribution in [1.29, 1.82) is 0 Å². The van der Waals surface area contributed by atoms with Crippen molar-refractivity contribution in [1.82, 2.24) is 5.32 Å². The normalized spacial score (nSPS) is 12.4. The molecule has 0 amide bonds. The van der Waals surface area contributed by atoms with Gasteiger partial charge in [0.2, 0.25) is 0 Å². The van der Waals surface area contributed by atoms with Crippen molar-refractivity contribution >= 4 is 23.4 Å². The number of rotatable bonds is 5. The molecule has 20 heavy (non-hydrogen) atoms. The fourth-order valence-electron chi connectivity index (χ4n) is 1.83. The van der Waals surface area contributed by atoms with Crippen LogP contribution in [-0.4, -0.2) is 7.05 Å². The van der Waals surface area contributed by atoms with Gasteiger partial charge in [-0.25, -0.2) is 4.39 Å². The lowest BCUT2D eigenvalue weighted by Crippen LogP contribution is -2.11. The third kappa shape index (κ3) is 3.98. The molecule has 1 N–H and O–H groups in total. The molecule has 1 atom stereocenters. The molecule has 0 saturated carbocycles. The molecule has 0 aromatic heterocycles. The van der Waals surface area contributed by atoms with Crippen LogP contribution in [0.5, 0.6) is 0 Å². The van der Waals surface area contributed by atoms with Gasteiger partial charge in [-0.15, -0.1) is 11.8 Å². The van der Waals surface area contributed by atoms with E-state index >= 15 is 0 Å². The molecule has 2 aromatic rings. The van der Waals surface area contributed by atoms with Crippen LogP contribution in [0.2, 0.25) is 5.02 Å². The Labute approximate surface area is 128 Å². The van der Waals surface area contributed by atoms with Crippen LogP contribution in [0, 0.1) is 5.82 Å². The maximum absolute atomic E-state index is 13.6. The van der Waals surface area contributed by atoms with E-state index in [4.69, 9.17) is 11.6 Å². The van der Waals surface area contributed by atoms with E-state index in [0.717, 1.165) is 4.90 Å². The van der Waals surface area contributed by atoms with E-state index in [1.165, 1.54) is 11.6 Å². The van der Waals surface area contributed by atoms with Crippen molar-refractivity contribution in [2.24, 2.45) is 0 Å². The Hall–Kier alpha value is -1.03. The van der Waals surface area contributed by atoms with Crippen LogP contribution in [-0.2, 0) is 5.75 Å². The molecule has 0 saturated heterocycles. The molecule has 2 rings (SSSR count). The van der Waals surface area contributed by atoms with Crippen molar-refractivity contribution in [3.63, 3.8) is 0 Å². The van der Waals surface area contributed by atoms with E-state index in [1.54, 1.807) is 23.9 Å². The van der Waals surface area contributed by atoms with Gasteiger partial charge in [-0.1, -0.05) is 23.7 Å². The molecule has 0 radical (unpaired) electrons. The molecule has 0 aliphatic rings. The molecule has 1 nitrogen and oxygen atoms in total. The summed E-state index contributed by atoms with van der Waals surface area (Å²) in [6.07, 6.45) is 0. The number of hydrogen-bond donors (Lipinski definition) is 1. The highest BCUT2D eigenvalue weighted by Crippen LogP contribution is 2.26. The van der Waals surface area contributed by atoms with Crippen molar-refractivity contribution < 1.29 is 4.39 Å². The second-order valence-electron chi connectivity index (χ2n) is 4.60. The third-order valence-corrected chi connectivity index (χ3v) is 4.51. The summed E-state index contributed by atoms with van der Waals surface area (Å²) in [6.45, 7) is 2.11. The molecular weight excluding hydrogens is 293 g/mol. The SMILES string of the molecule is CNC(C)c1ccc(SCc2cc(Cl)ccc2F)cc1. The zero-order valence-electron chi connectivity index (χ0n) is 11.5. The van der Waals surface area contributed by atoms with Crippen molar-refractivity contribution in [3.05, 3.63) is 64.4 Å². The zero-order chi connectivity index (χ0) is 14.5. The van der Waals surface area contributed by atoms with E-state index in [9.17, 15) is 4.39 Å². The molecule has 4 heteroatoms. The number of halogens is 2. The number of hydrogen-bond acceptors (Lipinski definition) is 2. The Bertz CT molecular complexity index is 571. The fourth-order valence-corrected chi connectivity index (χ4v) is 2.90. The first-order chi connectivity index (χ1) is 9.60. The predicted molar refractivity (Wildman–Crippen MR) is 84.9 cm³/mol. The highest BCUT2D eigenvalue weighted by molar-refractivity contribution is 7.98. The van der Waals surface area contributed by atoms with Crippen LogP contribution in [0.4, 0.5) is 4.39 Å². The first kappa shape index (κ1) is 15.4. The van der Waals surface area contributed by atoms with Crippen LogP contribution >= 0.6 is 23.4 Å². The molecule has 0 heterocycles. The first-order valence-corrected chi connectivity index (χ1v) is 7.80. The highest BCUT2D eigenvalue weighted by Gasteiger charge is 2.05. The largest absolute Gasteiger partial charge is 0.313 e. The smallest absolute Gasteiger partial charge is 0.127 e. The maximum atomic E-state index is 13.6. The van der Waals surface area contributed by atoms with E-state index in [1.807, 2.05) is 7.05 Å². The third-order valence-electron chi connectivity index (χ3n) is 3.22. The van der Waals surface area contributed by atoms with Gasteiger partial charge < -0.3 is 5.32 Å². The Morgan fingerprint density at radius 2 is 1.90 bits per heavy atom. The van der Waals surface area contributed by atoms with Gasteiger partial charge in [-0.05, 0) is 55.4 Å². The molecule has 2 aromatic carbocycles. The van der Waals surface area contributed by atoms with Crippen LogP contribution in [0.1, 0.15) is 24.1 Å². The minimum absolute atomic E-state index is 0.206. The van der Waals surface area contributed by atoms with Gasteiger partial charge in [0, 0.05) is 21.7 Å². The van der Waals surface area contributed by atoms with Crippen molar-refractivity contribution in [3.8, 4) is 0 Å². The average Bonchev–Trinajstić information content (AvgIpc) is 2.48. The van der Waals surface area contributed by atoms with Gasteiger partial charge >= 0.3 is 0 Å². The molecule has 0 bridgehead atoms. The minimum Gasteiger partial charge on any atom is -0.313 e. The average molecular weight is 310 g/mol. The van der Waals surface area contributed by atoms with Crippen LogP contribution in [0.15, 0.2) is 47.4 Å². The van der Waals surface area contributed by atoms with Gasteiger partial charge in [-0.2, -0.15) is 0 Å². The Morgan fingerprint density at radius 3 is 2.55 bits per heavy atom. The zero-order valence-corrected chi connectivity index (χ0v) is 13.1. The number of nitrogens with one attached hydrogen (secondary N) is 1. The predicted octanol–water partition coefficient (Wildman–Crippen LogP) is 5.05. The lowest BCUT2D eigenvalue weighted by atomic mass is 10.1. The summed E-state index contributed by atoms with van der Waals surface area (Å²) < 4.78 is 13.6. The van der Waals surface area contributed by atoms with Gasteiger partial charge in [-0.3, -0.25) is 0 Å². The lowest BCUT2D eigenvalue weighted by molar-refractivity contribution is 0.617. The van der Waals surface area contributed by atoms with Crippen molar-refractivity contribution in [2.45, 2.75) is 23.6 Å². The summed E-state index contributed by atoms with van der Waals surface area (Å²) >= 11 is 7.49. The standard InChI is InChI=1S/C16H17ClFNS/c1-11(19-2)12-3-6-15(7-4-12)20-10-13-9-14(17)5-8-16(13)18/h3-9,11,19H,10H2,1-2H3. The molecule has 0 fully saturated rings. The molecule has 0 aliphatic carbocycles. The summed E-state index contributed by atoms with van der Waals surface area (Å²) in [5.74, 6) is 0.371. The van der Waals surface area contributed by atoms with Crippen LogP contribution < -0.4 is 5.32 Å². The van der Waals surface area contributed by atoms with Gasteiger partial charge in [0.15, 0.2) is 0 Å². The lowest BCUT2D eigenvalue weighted by Gasteiger charge is -2.11. The second-order valence-corrected chi connectivity index (χ2v) is 6.09. The molecular formula is C16H17ClFNS. The topological polar surface area (TPSA) is 12.0 Å². The quantitative estimate of drug-likeness (QED) is 0.775. The van der Waals surface area contributed by atoms with Crippen LogP contribution in [0.3, 0.4) is 0 Å². The molecule has 1 unspecified atom stereocenters. The highest BCUT2D eigenvalue weighted by atomic mass is 35.5. The number of benzene rings is 2. The Kier molecular flexibility index (Phi) is 5.46. The van der Waals surface area contributed by atoms with E-state index in [-0.39, 0.29) is 5.82 Å². The first-order valence-electron chi connectivity index (χ1n) is 6.44. The minimum atomic E-state index is -0.206. The molecule has 106 valence electrons. The van der Waals surface area contributed by atoms with Gasteiger partial charge in [0.25, 0.3) is 0 Å². The van der Waals surface area contributed by atoms with E-state index in [2.05, 4.69) is 36.5 Å². The summed E-state index contributed by atoms with van der Waals surface area (Å²) in [4.78, 5) is 1.12. The summed E-state index contributed by atoms with van der Waals surface area (Å²) in [7, 11) is 1.94. The molecule has 0 aliphatic heterocycles. The summed E-state index contributed by atoms with van der Waals surface area (Å²) in [5, 5.41) is 3.77. The fraction of sp³-hybridized carbons (Fsp3) is 0.250. The van der Waals surface area contributed by atoms with Crippen molar-refractivity contribution in [2.75, 3.05) is 7.05 Å². The summed E-state index contributed by atoms with van der Waals surface area (Å²) in [5.41, 5.74) is 1.88. The van der Waals surface area contributed by atoms with Gasteiger partial charge in [0.1, 0.15) is 5.82 Å². The van der Waals surface area contributed by atoms with Gasteiger partial charge in [0.05, 0.1) is 0 Å². The maximum Gasteiger partial charge on any atom is 0.127 e. The summed E-state index contributed by atoms with van der Waals surface area (Å²) in [6, 6.07) is 13.3. The Morgan fingerprint density at radius 1 is 1.20 bits per heavy atom. The second kappa shape index (κ2) is 7.11.